The van der Waals surface area contributed by atoms with Gasteiger partial charge in [0.15, 0.2) is 0 Å². The Morgan fingerprint density at radius 1 is 1.10 bits per heavy atom. The van der Waals surface area contributed by atoms with Crippen LogP contribution in [0.2, 0.25) is 0 Å². The predicted molar refractivity (Wildman–Crippen MR) is 111 cm³/mol. The molecule has 3 heterocycles. The Kier molecular flexibility index (Phi) is 4.60. The van der Waals surface area contributed by atoms with Crippen LogP contribution in [0.5, 0.6) is 0 Å². The predicted octanol–water partition coefficient (Wildman–Crippen LogP) is 3.31. The number of H-pyrrole nitrogens is 1. The molecule has 8 heteroatoms. The first-order valence-corrected chi connectivity index (χ1v) is 11.3. The molecule has 0 fully saturated rings. The third-order valence-corrected chi connectivity index (χ3v) is 7.95. The van der Waals surface area contributed by atoms with Crippen molar-refractivity contribution in [3.63, 3.8) is 0 Å². The monoisotopic (exact) mass is 447 g/mol. The number of halogens is 1. The van der Waals surface area contributed by atoms with Crippen molar-refractivity contribution in [2.24, 2.45) is 0 Å². The number of fused-ring (bicyclic) bond motifs is 2. The summed E-state index contributed by atoms with van der Waals surface area (Å²) in [7, 11) is 0. The van der Waals surface area contributed by atoms with E-state index in [1.165, 1.54) is 6.07 Å². The molecule has 0 aliphatic carbocycles. The van der Waals surface area contributed by atoms with Gasteiger partial charge in [-0.1, -0.05) is 0 Å². The van der Waals surface area contributed by atoms with Crippen molar-refractivity contribution in [3.8, 4) is 5.69 Å². The van der Waals surface area contributed by atoms with Gasteiger partial charge in [-0.15, -0.1) is 0 Å². The van der Waals surface area contributed by atoms with Crippen molar-refractivity contribution in [2.45, 2.75) is 18.1 Å². The van der Waals surface area contributed by atoms with Crippen molar-refractivity contribution < 1.29 is 4.39 Å². The van der Waals surface area contributed by atoms with Gasteiger partial charge in [0.2, 0.25) is 0 Å². The van der Waals surface area contributed by atoms with E-state index in [1.54, 1.807) is 24.8 Å². The molecule has 5 aromatic rings. The van der Waals surface area contributed by atoms with Crippen LogP contribution in [0.15, 0.2) is 61.2 Å². The third-order valence-electron chi connectivity index (χ3n) is 4.82. The van der Waals surface area contributed by atoms with E-state index in [0.29, 0.717) is 5.65 Å². The number of benzene rings is 2. The molecule has 3 aromatic heterocycles. The van der Waals surface area contributed by atoms with Gasteiger partial charge in [0, 0.05) is 0 Å². The number of hydrogen-bond donors (Lipinski definition) is 1. The standard InChI is InChI=1S/C21H17AsFN6/c1-2-15(22-19-18-20(26-11-24-18)27-12-25-19)21-28-16-9-8-13(23)10-17(16)29(21)14-6-4-3-5-7-14/h3-12,15H,2H2,1H3,(H,24,25,26,27)/t15-/m0/s1. The quantitative estimate of drug-likeness (QED) is 0.420. The van der Waals surface area contributed by atoms with Crippen LogP contribution in [0.4, 0.5) is 4.39 Å². The molecular formula is C21H17AsFN6. The van der Waals surface area contributed by atoms with Gasteiger partial charge in [-0.25, -0.2) is 0 Å². The summed E-state index contributed by atoms with van der Waals surface area (Å²) in [6, 6.07) is 14.8. The van der Waals surface area contributed by atoms with E-state index in [2.05, 4.69) is 31.4 Å². The zero-order chi connectivity index (χ0) is 19.8. The van der Waals surface area contributed by atoms with E-state index < -0.39 is 0 Å². The maximum absolute atomic E-state index is 14.0. The zero-order valence-corrected chi connectivity index (χ0v) is 17.5. The number of aromatic amines is 1. The van der Waals surface area contributed by atoms with Crippen molar-refractivity contribution >= 4 is 42.4 Å². The first-order chi connectivity index (χ1) is 14.2. The number of nitrogens with zero attached hydrogens (tertiary/aromatic N) is 5. The molecule has 5 rings (SSSR count). The van der Waals surface area contributed by atoms with Crippen LogP contribution in [-0.2, 0) is 0 Å². The topological polar surface area (TPSA) is 72.3 Å². The number of aromatic nitrogens is 6. The van der Waals surface area contributed by atoms with Crippen LogP contribution < -0.4 is 4.48 Å². The van der Waals surface area contributed by atoms with Crippen LogP contribution in [0, 0.1) is 5.82 Å². The van der Waals surface area contributed by atoms with Crippen molar-refractivity contribution in [2.75, 3.05) is 0 Å². The Hall–Kier alpha value is -3.05. The molecule has 0 saturated carbocycles. The van der Waals surface area contributed by atoms with Crippen LogP contribution in [0.25, 0.3) is 27.9 Å². The summed E-state index contributed by atoms with van der Waals surface area (Å²) >= 11 is -0.367. The Morgan fingerprint density at radius 3 is 2.79 bits per heavy atom. The second-order valence-corrected chi connectivity index (χ2v) is 9.36. The molecule has 29 heavy (non-hydrogen) atoms. The van der Waals surface area contributed by atoms with Gasteiger partial charge in [-0.3, -0.25) is 0 Å². The fourth-order valence-electron chi connectivity index (χ4n) is 3.47. The van der Waals surface area contributed by atoms with E-state index in [0.717, 1.165) is 39.0 Å². The minimum absolute atomic E-state index is 0.184. The molecule has 0 amide bonds. The Balaban J connectivity index is 1.67. The van der Waals surface area contributed by atoms with Gasteiger partial charge in [0.25, 0.3) is 0 Å². The Labute approximate surface area is 172 Å². The first kappa shape index (κ1) is 18.0. The van der Waals surface area contributed by atoms with Crippen LogP contribution in [0.1, 0.15) is 23.9 Å². The van der Waals surface area contributed by atoms with Crippen molar-refractivity contribution in [1.82, 2.24) is 29.5 Å². The molecular weight excluding hydrogens is 430 g/mol. The van der Waals surface area contributed by atoms with Gasteiger partial charge in [-0.05, 0) is 0 Å². The molecule has 0 bridgehead atoms. The maximum atomic E-state index is 14.0. The minimum atomic E-state index is -0.367. The summed E-state index contributed by atoms with van der Waals surface area (Å²) in [5.41, 5.74) is 4.11. The van der Waals surface area contributed by atoms with Gasteiger partial charge in [0.1, 0.15) is 0 Å². The second kappa shape index (κ2) is 7.41. The summed E-state index contributed by atoms with van der Waals surface area (Å²) in [6.45, 7) is 2.15. The molecule has 0 unspecified atom stereocenters. The number of nitrogens with one attached hydrogen (secondary N) is 1. The molecule has 1 radical (unpaired) electrons. The molecule has 6 nitrogen and oxygen atoms in total. The van der Waals surface area contributed by atoms with Gasteiger partial charge in [0.05, 0.1) is 0 Å². The van der Waals surface area contributed by atoms with Crippen LogP contribution >= 0.6 is 0 Å². The number of rotatable bonds is 5. The Bertz CT molecular complexity index is 1300. The molecule has 1 N–H and O–H groups in total. The first-order valence-electron chi connectivity index (χ1n) is 9.33. The molecule has 0 spiro atoms. The summed E-state index contributed by atoms with van der Waals surface area (Å²) in [6.07, 6.45) is 4.11. The molecule has 2 aromatic carbocycles. The SMILES string of the molecule is CC[C@H]([As]c1ncnc2nc[nH]c12)c1nc2ccc(F)cc2n1-c1ccccc1. The molecule has 0 aliphatic rings. The summed E-state index contributed by atoms with van der Waals surface area (Å²) in [5.74, 6) is 0.669. The Morgan fingerprint density at radius 2 is 1.97 bits per heavy atom. The van der Waals surface area contributed by atoms with Gasteiger partial charge < -0.3 is 0 Å². The van der Waals surface area contributed by atoms with Crippen molar-refractivity contribution in [1.29, 1.82) is 0 Å². The average molecular weight is 447 g/mol. The molecule has 143 valence electrons. The summed E-state index contributed by atoms with van der Waals surface area (Å²) in [4.78, 5) is 21.1. The van der Waals surface area contributed by atoms with Gasteiger partial charge >= 0.3 is 173 Å². The van der Waals surface area contributed by atoms with Crippen molar-refractivity contribution in [3.05, 3.63) is 72.8 Å². The zero-order valence-electron chi connectivity index (χ0n) is 15.6. The fourth-order valence-corrected chi connectivity index (χ4v) is 5.94. The molecule has 1 atom stereocenters. The van der Waals surface area contributed by atoms with E-state index in [-0.39, 0.29) is 26.3 Å². The van der Waals surface area contributed by atoms with Crippen LogP contribution in [-0.4, -0.2) is 45.2 Å². The van der Waals surface area contributed by atoms with E-state index in [4.69, 9.17) is 4.98 Å². The van der Waals surface area contributed by atoms with E-state index >= 15 is 0 Å². The normalized spacial score (nSPS) is 13.0. The van der Waals surface area contributed by atoms with E-state index in [1.807, 2.05) is 30.3 Å². The van der Waals surface area contributed by atoms with Crippen LogP contribution in [0.3, 0.4) is 0 Å². The van der Waals surface area contributed by atoms with Gasteiger partial charge in [-0.2, -0.15) is 0 Å². The number of hydrogen-bond acceptors (Lipinski definition) is 4. The fraction of sp³-hybridized carbons (Fsp3) is 0.143. The summed E-state index contributed by atoms with van der Waals surface area (Å²) < 4.78 is 17.3. The summed E-state index contributed by atoms with van der Waals surface area (Å²) in [5, 5.41) is 0. The number of para-hydroxylation sites is 1. The third kappa shape index (κ3) is 3.21. The number of imidazole rings is 2. The average Bonchev–Trinajstić information content (AvgIpc) is 3.37. The molecule has 0 saturated heterocycles. The molecule has 0 aliphatic heterocycles. The van der Waals surface area contributed by atoms with E-state index in [9.17, 15) is 4.39 Å². The second-order valence-electron chi connectivity index (χ2n) is 6.63.